The quantitative estimate of drug-likeness (QED) is 0.164. The molecule has 45 heavy (non-hydrogen) atoms. The van der Waals surface area contributed by atoms with Crippen LogP contribution in [0.5, 0.6) is 0 Å². The Hall–Kier alpha value is -2.49. The first-order chi connectivity index (χ1) is 21.9. The van der Waals surface area contributed by atoms with Crippen molar-refractivity contribution in [2.75, 3.05) is 46.1 Å². The van der Waals surface area contributed by atoms with Gasteiger partial charge < -0.3 is 30.0 Å². The van der Waals surface area contributed by atoms with Crippen LogP contribution in [0.15, 0.2) is 42.6 Å². The van der Waals surface area contributed by atoms with Crippen LogP contribution < -0.4 is 11.1 Å². The molecule has 1 spiro atoms. The lowest BCUT2D eigenvalue weighted by atomic mass is 9.57. The number of nitrogens with zero attached hydrogens (tertiary/aromatic N) is 2. The predicted octanol–water partition coefficient (Wildman–Crippen LogP) is 6.87. The number of benzene rings is 2. The number of aromatic nitrogens is 1. The van der Waals surface area contributed by atoms with Gasteiger partial charge in [0.2, 0.25) is 5.91 Å². The first kappa shape index (κ1) is 32.5. The summed E-state index contributed by atoms with van der Waals surface area (Å²) in [5.41, 5.74) is 11.2. The molecule has 3 aromatic rings. The van der Waals surface area contributed by atoms with Crippen molar-refractivity contribution in [1.82, 2.24) is 14.8 Å². The van der Waals surface area contributed by atoms with E-state index in [2.05, 4.69) is 46.1 Å². The molecule has 7 nitrogen and oxygen atoms in total. The molecule has 1 aromatic heterocycles. The molecule has 3 aliphatic rings. The van der Waals surface area contributed by atoms with E-state index in [1.807, 2.05) is 18.2 Å². The summed E-state index contributed by atoms with van der Waals surface area (Å²) >= 11 is 12.4. The van der Waals surface area contributed by atoms with Gasteiger partial charge in [0, 0.05) is 67.6 Å². The second-order valence-electron chi connectivity index (χ2n) is 13.3. The number of carbonyl (C=O) groups is 1. The van der Waals surface area contributed by atoms with Gasteiger partial charge in [-0.1, -0.05) is 67.5 Å². The molecule has 1 saturated carbocycles. The molecule has 9 heteroatoms. The average Bonchev–Trinajstić information content (AvgIpc) is 3.44. The molecule has 6 rings (SSSR count). The molecular formula is C36H47ClN4O3S. The third-order valence-electron chi connectivity index (χ3n) is 10.3. The molecule has 2 aliphatic heterocycles. The van der Waals surface area contributed by atoms with E-state index in [-0.39, 0.29) is 11.8 Å². The van der Waals surface area contributed by atoms with Crippen LogP contribution in [0, 0.1) is 11.3 Å². The third-order valence-corrected chi connectivity index (χ3v) is 11.0. The maximum absolute atomic E-state index is 13.3. The number of ether oxygens (including phenoxy) is 2. The molecule has 0 atom stereocenters. The van der Waals surface area contributed by atoms with Crippen LogP contribution in [0.2, 0.25) is 5.02 Å². The van der Waals surface area contributed by atoms with Gasteiger partial charge in [-0.25, -0.2) is 0 Å². The Bertz CT molecular complexity index is 1500. The number of amides is 1. The summed E-state index contributed by atoms with van der Waals surface area (Å²) in [6, 6.07) is 12.6. The number of hydrogen-bond donors (Lipinski definition) is 2. The number of nitrogens with one attached hydrogen (secondary N) is 1. The van der Waals surface area contributed by atoms with Gasteiger partial charge in [-0.05, 0) is 80.6 Å². The lowest BCUT2D eigenvalue weighted by Gasteiger charge is -2.51. The highest BCUT2D eigenvalue weighted by Gasteiger charge is 2.48. The second kappa shape index (κ2) is 14.5. The number of hydrogen-bond acceptors (Lipinski definition) is 5. The van der Waals surface area contributed by atoms with Crippen molar-refractivity contribution >= 4 is 45.6 Å². The molecule has 1 aliphatic carbocycles. The standard InChI is InChI=1S/C36H47ClN4O3S/c1-2-3-16-43-19-15-40-13-11-36(12-14-40)21-28(22-36)35(42)39-23-27-7-8-30-31(25-5-4-6-26(20-25)34(38)45)24-41(33(30)32(27)37)29-9-17-44-18-10-29/h4-8,20,24,28-29H,2-3,9-19,21-23H2,1H3,(H2,38,45)(H,39,42). The fourth-order valence-electron chi connectivity index (χ4n) is 7.51. The molecule has 3 N–H and O–H groups in total. The van der Waals surface area contributed by atoms with Crippen molar-refractivity contribution in [3.63, 3.8) is 0 Å². The van der Waals surface area contributed by atoms with Gasteiger partial charge in [-0.15, -0.1) is 0 Å². The first-order valence-corrected chi connectivity index (χ1v) is 17.5. The molecule has 2 aromatic carbocycles. The summed E-state index contributed by atoms with van der Waals surface area (Å²) in [6.45, 7) is 9.01. The van der Waals surface area contributed by atoms with Gasteiger partial charge in [0.05, 0.1) is 17.1 Å². The highest BCUT2D eigenvalue weighted by Crippen LogP contribution is 2.52. The van der Waals surface area contributed by atoms with Crippen LogP contribution in [0.1, 0.15) is 75.5 Å². The zero-order chi connectivity index (χ0) is 31.4. The van der Waals surface area contributed by atoms with Crippen molar-refractivity contribution in [1.29, 1.82) is 0 Å². The summed E-state index contributed by atoms with van der Waals surface area (Å²) in [5, 5.41) is 5.02. The van der Waals surface area contributed by atoms with Crippen LogP contribution in [-0.2, 0) is 20.8 Å². The number of piperidine rings is 1. The highest BCUT2D eigenvalue weighted by atomic mass is 35.5. The van der Waals surface area contributed by atoms with Crippen molar-refractivity contribution < 1.29 is 14.3 Å². The van der Waals surface area contributed by atoms with E-state index in [4.69, 9.17) is 39.0 Å². The summed E-state index contributed by atoms with van der Waals surface area (Å²) in [6.07, 6.45) is 10.7. The van der Waals surface area contributed by atoms with Crippen LogP contribution in [0.4, 0.5) is 0 Å². The minimum atomic E-state index is 0.0926. The van der Waals surface area contributed by atoms with E-state index in [9.17, 15) is 4.79 Å². The molecule has 0 unspecified atom stereocenters. The smallest absolute Gasteiger partial charge is 0.223 e. The number of thiocarbonyl (C=S) groups is 1. The summed E-state index contributed by atoms with van der Waals surface area (Å²) < 4.78 is 13.8. The SMILES string of the molecule is CCCCOCCN1CCC2(CC1)CC(C(=O)NCc1ccc3c(-c4cccc(C(N)=S)c4)cn(C4CCOCC4)c3c1Cl)C2. The topological polar surface area (TPSA) is 81.8 Å². The van der Waals surface area contributed by atoms with Crippen LogP contribution in [0.25, 0.3) is 22.0 Å². The van der Waals surface area contributed by atoms with E-state index in [0.717, 1.165) is 111 Å². The minimum Gasteiger partial charge on any atom is -0.389 e. The summed E-state index contributed by atoms with van der Waals surface area (Å²) in [7, 11) is 0. The molecule has 0 radical (unpaired) electrons. The molecule has 2 saturated heterocycles. The maximum Gasteiger partial charge on any atom is 0.223 e. The molecule has 0 bridgehead atoms. The fraction of sp³-hybridized carbons (Fsp3) is 0.556. The number of likely N-dealkylation sites (tertiary alicyclic amines) is 1. The van der Waals surface area contributed by atoms with E-state index in [0.29, 0.717) is 28.0 Å². The molecule has 3 heterocycles. The Balaban J connectivity index is 1.11. The second-order valence-corrected chi connectivity index (χ2v) is 14.1. The molecule has 3 fully saturated rings. The lowest BCUT2D eigenvalue weighted by Crippen LogP contribution is -2.51. The maximum atomic E-state index is 13.3. The van der Waals surface area contributed by atoms with E-state index >= 15 is 0 Å². The average molecular weight is 651 g/mol. The Morgan fingerprint density at radius 2 is 1.93 bits per heavy atom. The van der Waals surface area contributed by atoms with Gasteiger partial charge in [0.15, 0.2) is 0 Å². The largest absolute Gasteiger partial charge is 0.389 e. The fourth-order valence-corrected chi connectivity index (χ4v) is 7.96. The highest BCUT2D eigenvalue weighted by molar-refractivity contribution is 7.80. The van der Waals surface area contributed by atoms with Gasteiger partial charge >= 0.3 is 0 Å². The van der Waals surface area contributed by atoms with Gasteiger partial charge in [-0.2, -0.15) is 0 Å². The molecule has 1 amide bonds. The number of halogens is 1. The van der Waals surface area contributed by atoms with Crippen molar-refractivity contribution in [2.24, 2.45) is 17.1 Å². The van der Waals surface area contributed by atoms with Gasteiger partial charge in [0.1, 0.15) is 4.99 Å². The number of fused-ring (bicyclic) bond motifs is 1. The van der Waals surface area contributed by atoms with E-state index in [1.54, 1.807) is 0 Å². The lowest BCUT2D eigenvalue weighted by molar-refractivity contribution is -0.135. The van der Waals surface area contributed by atoms with Gasteiger partial charge in [-0.3, -0.25) is 4.79 Å². The number of rotatable bonds is 12. The Labute approximate surface area is 277 Å². The first-order valence-electron chi connectivity index (χ1n) is 16.8. The summed E-state index contributed by atoms with van der Waals surface area (Å²) in [4.78, 5) is 16.2. The van der Waals surface area contributed by atoms with Crippen molar-refractivity contribution in [2.45, 2.75) is 70.9 Å². The van der Waals surface area contributed by atoms with Gasteiger partial charge in [0.25, 0.3) is 0 Å². The van der Waals surface area contributed by atoms with Crippen molar-refractivity contribution in [3.8, 4) is 11.1 Å². The zero-order valence-electron chi connectivity index (χ0n) is 26.5. The minimum absolute atomic E-state index is 0.0926. The molecule has 242 valence electrons. The number of nitrogens with two attached hydrogens (primary N) is 1. The molecular weight excluding hydrogens is 604 g/mol. The normalized spacial score (nSPS) is 19.2. The Morgan fingerprint density at radius 1 is 1.16 bits per heavy atom. The third kappa shape index (κ3) is 7.25. The number of unbranched alkanes of at least 4 members (excludes halogenated alkanes) is 1. The van der Waals surface area contributed by atoms with E-state index < -0.39 is 0 Å². The van der Waals surface area contributed by atoms with Crippen LogP contribution >= 0.6 is 23.8 Å². The predicted molar refractivity (Wildman–Crippen MR) is 186 cm³/mol. The zero-order valence-corrected chi connectivity index (χ0v) is 28.1. The number of carbonyl (C=O) groups excluding carboxylic acids is 1. The Kier molecular flexibility index (Phi) is 10.5. The Morgan fingerprint density at radius 3 is 2.67 bits per heavy atom. The van der Waals surface area contributed by atoms with E-state index in [1.165, 1.54) is 19.3 Å². The summed E-state index contributed by atoms with van der Waals surface area (Å²) in [5.74, 6) is 0.244. The van der Waals surface area contributed by atoms with Crippen LogP contribution in [0.3, 0.4) is 0 Å². The van der Waals surface area contributed by atoms with Crippen molar-refractivity contribution in [3.05, 3.63) is 58.7 Å². The van der Waals surface area contributed by atoms with Crippen LogP contribution in [-0.4, -0.2) is 66.4 Å². The monoisotopic (exact) mass is 650 g/mol.